The van der Waals surface area contributed by atoms with Gasteiger partial charge in [0.25, 0.3) is 5.91 Å². The number of hydrogen-bond acceptors (Lipinski definition) is 10. The molecule has 0 fully saturated rings. The van der Waals surface area contributed by atoms with Crippen LogP contribution in [0.4, 0.5) is 22.6 Å². The zero-order valence-corrected chi connectivity index (χ0v) is 17.8. The van der Waals surface area contributed by atoms with Crippen molar-refractivity contribution in [2.24, 2.45) is 7.05 Å². The summed E-state index contributed by atoms with van der Waals surface area (Å²) in [5.74, 6) is 1.31. The molecule has 1 aromatic carbocycles. The molecule has 3 N–H and O–H groups in total. The number of aromatic nitrogens is 6. The van der Waals surface area contributed by atoms with Gasteiger partial charge in [-0.25, -0.2) is 15.0 Å². The minimum Gasteiger partial charge on any atom is -0.494 e. The van der Waals surface area contributed by atoms with Crippen LogP contribution in [0.25, 0.3) is 11.4 Å². The molecule has 0 radical (unpaired) electrons. The van der Waals surface area contributed by atoms with E-state index in [2.05, 4.69) is 41.0 Å². The molecule has 3 aromatic heterocycles. The summed E-state index contributed by atoms with van der Waals surface area (Å²) in [4.78, 5) is 29.5. The minimum atomic E-state index is -0.329. The number of ether oxygens (including phenoxy) is 1. The fourth-order valence-corrected chi connectivity index (χ4v) is 3.36. The van der Waals surface area contributed by atoms with Crippen LogP contribution < -0.4 is 20.7 Å². The summed E-state index contributed by atoms with van der Waals surface area (Å²) < 4.78 is 7.25. The number of carbonyl (C=O) groups is 1. The Bertz CT molecular complexity index is 1210. The summed E-state index contributed by atoms with van der Waals surface area (Å²) in [6, 6.07) is 5.51. The van der Waals surface area contributed by atoms with E-state index in [-0.39, 0.29) is 11.5 Å². The van der Waals surface area contributed by atoms with E-state index < -0.39 is 0 Å². The fraction of sp³-hybridized carbons (Fsp3) is 0.158. The highest BCUT2D eigenvalue weighted by atomic mass is 32.1. The highest BCUT2D eigenvalue weighted by Crippen LogP contribution is 2.36. The molecule has 0 aliphatic heterocycles. The highest BCUT2D eigenvalue weighted by Gasteiger charge is 2.19. The van der Waals surface area contributed by atoms with Crippen LogP contribution in [0.5, 0.6) is 5.75 Å². The van der Waals surface area contributed by atoms with E-state index in [0.29, 0.717) is 39.7 Å². The van der Waals surface area contributed by atoms with Crippen LogP contribution in [0.1, 0.15) is 10.4 Å². The van der Waals surface area contributed by atoms with Gasteiger partial charge < -0.3 is 15.4 Å². The van der Waals surface area contributed by atoms with Crippen molar-refractivity contribution >= 4 is 39.8 Å². The standard InChI is InChI=1S/C19H19N9O2S/c1-20-17(29)12-9-22-18(26-19-21-7-8-31-19)25-16(12)24-13-6-4-5-11(14(13)30-3)15-23-10-28(2)27-15/h4-10H,1-3H3,(H,20,29)(H2,21,22,24,25,26). The normalized spacial score (nSPS) is 10.5. The summed E-state index contributed by atoms with van der Waals surface area (Å²) in [5.41, 5.74) is 1.57. The van der Waals surface area contributed by atoms with E-state index in [4.69, 9.17) is 4.74 Å². The van der Waals surface area contributed by atoms with Gasteiger partial charge in [0, 0.05) is 31.9 Å². The van der Waals surface area contributed by atoms with E-state index >= 15 is 0 Å². The second kappa shape index (κ2) is 8.75. The summed E-state index contributed by atoms with van der Waals surface area (Å²) in [7, 11) is 4.89. The van der Waals surface area contributed by atoms with E-state index in [1.165, 1.54) is 17.5 Å². The van der Waals surface area contributed by atoms with Gasteiger partial charge in [-0.15, -0.1) is 11.3 Å². The molecular weight excluding hydrogens is 418 g/mol. The Balaban J connectivity index is 1.74. The molecule has 158 valence electrons. The van der Waals surface area contributed by atoms with Crippen molar-refractivity contribution in [2.75, 3.05) is 24.8 Å². The third-order valence-corrected chi connectivity index (χ3v) is 4.91. The molecule has 0 aliphatic carbocycles. The number of aryl methyl sites for hydroxylation is 1. The highest BCUT2D eigenvalue weighted by molar-refractivity contribution is 7.13. The van der Waals surface area contributed by atoms with Crippen LogP contribution in [0, 0.1) is 0 Å². The minimum absolute atomic E-state index is 0.274. The molecule has 3 heterocycles. The first-order valence-corrected chi connectivity index (χ1v) is 10.0. The van der Waals surface area contributed by atoms with Crippen molar-refractivity contribution in [1.82, 2.24) is 35.0 Å². The predicted octanol–water partition coefficient (Wildman–Crippen LogP) is 2.58. The van der Waals surface area contributed by atoms with Gasteiger partial charge in [0.05, 0.1) is 18.4 Å². The molecular formula is C19H19N9O2S. The molecule has 11 nitrogen and oxygen atoms in total. The van der Waals surface area contributed by atoms with Gasteiger partial charge in [0.15, 0.2) is 16.7 Å². The topological polar surface area (TPSA) is 132 Å². The molecule has 0 saturated heterocycles. The number of amides is 1. The molecule has 1 amide bonds. The maximum atomic E-state index is 12.4. The lowest BCUT2D eigenvalue weighted by molar-refractivity contribution is 0.0963. The van der Waals surface area contributed by atoms with E-state index in [1.54, 1.807) is 38.4 Å². The smallest absolute Gasteiger partial charge is 0.256 e. The van der Waals surface area contributed by atoms with Crippen molar-refractivity contribution in [3.8, 4) is 17.1 Å². The summed E-state index contributed by atoms with van der Waals surface area (Å²) in [6.07, 6.45) is 4.73. The summed E-state index contributed by atoms with van der Waals surface area (Å²) in [6.45, 7) is 0. The maximum Gasteiger partial charge on any atom is 0.256 e. The molecule has 4 aromatic rings. The van der Waals surface area contributed by atoms with E-state index in [1.807, 2.05) is 23.6 Å². The van der Waals surface area contributed by atoms with Crippen LogP contribution in [0.3, 0.4) is 0 Å². The molecule has 12 heteroatoms. The third-order valence-electron chi connectivity index (χ3n) is 4.22. The molecule has 0 atom stereocenters. The number of carbonyl (C=O) groups excluding carboxylic acids is 1. The maximum absolute atomic E-state index is 12.4. The van der Waals surface area contributed by atoms with Crippen molar-refractivity contribution in [3.63, 3.8) is 0 Å². The largest absolute Gasteiger partial charge is 0.494 e. The van der Waals surface area contributed by atoms with Gasteiger partial charge in [0.1, 0.15) is 17.7 Å². The number of rotatable bonds is 7. The first-order chi connectivity index (χ1) is 15.1. The number of nitrogens with zero attached hydrogens (tertiary/aromatic N) is 6. The number of benzene rings is 1. The fourth-order valence-electron chi connectivity index (χ4n) is 2.84. The van der Waals surface area contributed by atoms with Crippen LogP contribution in [0.2, 0.25) is 0 Å². The van der Waals surface area contributed by atoms with E-state index in [9.17, 15) is 4.79 Å². The Morgan fingerprint density at radius 3 is 2.74 bits per heavy atom. The Morgan fingerprint density at radius 1 is 1.19 bits per heavy atom. The molecule has 0 bridgehead atoms. The van der Waals surface area contributed by atoms with Crippen LogP contribution >= 0.6 is 11.3 Å². The second-order valence-corrected chi connectivity index (χ2v) is 7.15. The quantitative estimate of drug-likeness (QED) is 0.399. The average Bonchev–Trinajstić information content (AvgIpc) is 3.45. The SMILES string of the molecule is CNC(=O)c1cnc(Nc2nccs2)nc1Nc1cccc(-c2ncn(C)n2)c1OC. The van der Waals surface area contributed by atoms with Crippen molar-refractivity contribution < 1.29 is 9.53 Å². The Kier molecular flexibility index (Phi) is 5.71. The zero-order chi connectivity index (χ0) is 21.8. The lowest BCUT2D eigenvalue weighted by Crippen LogP contribution is -2.20. The third kappa shape index (κ3) is 4.28. The van der Waals surface area contributed by atoms with E-state index in [0.717, 1.165) is 0 Å². The Morgan fingerprint density at radius 2 is 2.06 bits per heavy atom. The van der Waals surface area contributed by atoms with Crippen LogP contribution in [0.15, 0.2) is 42.3 Å². The Hall–Kier alpha value is -4.06. The van der Waals surface area contributed by atoms with Gasteiger partial charge in [-0.3, -0.25) is 14.8 Å². The monoisotopic (exact) mass is 437 g/mol. The Labute approximate surface area is 181 Å². The molecule has 31 heavy (non-hydrogen) atoms. The molecule has 0 spiro atoms. The van der Waals surface area contributed by atoms with Crippen molar-refractivity contribution in [1.29, 1.82) is 0 Å². The van der Waals surface area contributed by atoms with Crippen molar-refractivity contribution in [2.45, 2.75) is 0 Å². The predicted molar refractivity (Wildman–Crippen MR) is 117 cm³/mol. The average molecular weight is 437 g/mol. The van der Waals surface area contributed by atoms with Gasteiger partial charge in [-0.2, -0.15) is 10.1 Å². The molecule has 4 rings (SSSR count). The number of methoxy groups -OCH3 is 1. The van der Waals surface area contributed by atoms with Gasteiger partial charge in [-0.1, -0.05) is 6.07 Å². The van der Waals surface area contributed by atoms with Crippen molar-refractivity contribution in [3.05, 3.63) is 47.9 Å². The number of thiazole rings is 1. The lowest BCUT2D eigenvalue weighted by atomic mass is 10.1. The number of anilines is 4. The van der Waals surface area contributed by atoms with Gasteiger partial charge in [0.2, 0.25) is 5.95 Å². The molecule has 0 aliphatic rings. The van der Waals surface area contributed by atoms with Gasteiger partial charge in [-0.05, 0) is 12.1 Å². The zero-order valence-electron chi connectivity index (χ0n) is 16.9. The van der Waals surface area contributed by atoms with Crippen LogP contribution in [-0.4, -0.2) is 49.8 Å². The summed E-state index contributed by atoms with van der Waals surface area (Å²) in [5, 5.41) is 15.6. The molecule has 0 saturated carbocycles. The number of nitrogens with one attached hydrogen (secondary N) is 3. The first kappa shape index (κ1) is 20.2. The van der Waals surface area contributed by atoms with Crippen LogP contribution in [-0.2, 0) is 7.05 Å². The second-order valence-electron chi connectivity index (χ2n) is 6.25. The van der Waals surface area contributed by atoms with Gasteiger partial charge >= 0.3 is 0 Å². The first-order valence-electron chi connectivity index (χ1n) is 9.14. The molecule has 0 unspecified atom stereocenters. The summed E-state index contributed by atoms with van der Waals surface area (Å²) >= 11 is 1.41. The lowest BCUT2D eigenvalue weighted by Gasteiger charge is -2.15. The number of para-hydroxylation sites is 1. The number of hydrogen-bond donors (Lipinski definition) is 3.